The van der Waals surface area contributed by atoms with E-state index < -0.39 is 58.3 Å². The molecule has 0 aliphatic heterocycles. The van der Waals surface area contributed by atoms with Crippen molar-refractivity contribution in [3.63, 3.8) is 0 Å². The third kappa shape index (κ3) is 3.83. The standard InChI is InChI=1S/C23H18O10/c24-14-2-1-9(3-16(14)26)20-17(27)8-12-13(21(20)30)6-11(7-15(12)25)33-23(32)10-4-18(28)22(31)19(29)5-10/h1-7,17,20,24-29,31H,8H2/t17-,20+/m0/s1. The van der Waals surface area contributed by atoms with Crippen LogP contribution in [0.15, 0.2) is 42.5 Å². The van der Waals surface area contributed by atoms with Gasteiger partial charge in [0.1, 0.15) is 11.5 Å². The van der Waals surface area contributed by atoms with Crippen LogP contribution in [0.25, 0.3) is 0 Å². The number of hydrogen-bond acceptors (Lipinski definition) is 10. The lowest BCUT2D eigenvalue weighted by Gasteiger charge is -2.29. The Morgan fingerprint density at radius 3 is 2.12 bits per heavy atom. The van der Waals surface area contributed by atoms with Crippen LogP contribution in [-0.2, 0) is 6.42 Å². The highest BCUT2D eigenvalue weighted by atomic mass is 16.5. The van der Waals surface area contributed by atoms with Gasteiger partial charge in [-0.1, -0.05) is 6.07 Å². The number of carbonyl (C=O) groups excluding carboxylic acids is 2. The van der Waals surface area contributed by atoms with Gasteiger partial charge in [0.15, 0.2) is 34.5 Å². The van der Waals surface area contributed by atoms with E-state index in [2.05, 4.69) is 0 Å². The van der Waals surface area contributed by atoms with E-state index in [-0.39, 0.29) is 34.4 Å². The van der Waals surface area contributed by atoms with Gasteiger partial charge in [0.25, 0.3) is 0 Å². The molecule has 0 heterocycles. The molecule has 3 aromatic rings. The molecule has 0 saturated heterocycles. The van der Waals surface area contributed by atoms with Crippen molar-refractivity contribution >= 4 is 11.8 Å². The van der Waals surface area contributed by atoms with Crippen molar-refractivity contribution < 1.29 is 50.1 Å². The van der Waals surface area contributed by atoms with Crippen molar-refractivity contribution in [3.8, 4) is 40.2 Å². The third-order valence-corrected chi connectivity index (χ3v) is 5.42. The molecule has 1 aliphatic carbocycles. The number of Topliss-reactive ketones (excluding diaryl/α,β-unsaturated/α-hetero) is 1. The Labute approximate surface area is 185 Å². The Morgan fingerprint density at radius 2 is 1.48 bits per heavy atom. The Morgan fingerprint density at radius 1 is 0.818 bits per heavy atom. The van der Waals surface area contributed by atoms with E-state index in [1.165, 1.54) is 18.2 Å². The summed E-state index contributed by atoms with van der Waals surface area (Å²) in [5.74, 6) is -6.57. The fraction of sp³-hybridized carbons (Fsp3) is 0.130. The number of benzene rings is 3. The topological polar surface area (TPSA) is 185 Å². The number of carbonyl (C=O) groups is 2. The van der Waals surface area contributed by atoms with Gasteiger partial charge in [0.2, 0.25) is 0 Å². The maximum atomic E-state index is 13.2. The van der Waals surface area contributed by atoms with Crippen LogP contribution in [0.2, 0.25) is 0 Å². The quantitative estimate of drug-likeness (QED) is 0.175. The van der Waals surface area contributed by atoms with Gasteiger partial charge in [0, 0.05) is 23.6 Å². The molecule has 1 aliphatic rings. The summed E-state index contributed by atoms with van der Waals surface area (Å²) < 4.78 is 5.16. The molecule has 0 unspecified atom stereocenters. The largest absolute Gasteiger partial charge is 0.508 e. The lowest BCUT2D eigenvalue weighted by Crippen LogP contribution is -2.34. The molecule has 0 spiro atoms. The summed E-state index contributed by atoms with van der Waals surface area (Å²) in [5, 5.41) is 68.7. The zero-order chi connectivity index (χ0) is 24.0. The summed E-state index contributed by atoms with van der Waals surface area (Å²) in [6.07, 6.45) is -1.33. The van der Waals surface area contributed by atoms with E-state index in [0.29, 0.717) is 0 Å². The Bertz CT molecular complexity index is 1270. The maximum absolute atomic E-state index is 13.2. The normalized spacial score (nSPS) is 17.4. The van der Waals surface area contributed by atoms with Gasteiger partial charge >= 0.3 is 5.97 Å². The van der Waals surface area contributed by atoms with E-state index in [1.54, 1.807) is 0 Å². The second-order valence-corrected chi connectivity index (χ2v) is 7.58. The summed E-state index contributed by atoms with van der Waals surface area (Å²) in [7, 11) is 0. The fourth-order valence-corrected chi connectivity index (χ4v) is 3.79. The number of ketones is 1. The first-order valence-corrected chi connectivity index (χ1v) is 9.64. The first-order chi connectivity index (χ1) is 15.6. The Kier molecular flexibility index (Phi) is 5.22. The lowest BCUT2D eigenvalue weighted by molar-refractivity contribution is 0.0723. The highest BCUT2D eigenvalue weighted by Crippen LogP contribution is 2.41. The zero-order valence-corrected chi connectivity index (χ0v) is 16.8. The first kappa shape index (κ1) is 21.8. The number of aromatic hydroxyl groups is 6. The number of rotatable bonds is 3. The van der Waals surface area contributed by atoms with Gasteiger partial charge in [0.05, 0.1) is 17.6 Å². The molecule has 0 amide bonds. The summed E-state index contributed by atoms with van der Waals surface area (Å²) in [5.41, 5.74) is 0.0631. The lowest BCUT2D eigenvalue weighted by atomic mass is 9.76. The molecule has 7 N–H and O–H groups in total. The van der Waals surface area contributed by atoms with E-state index in [4.69, 9.17) is 4.74 Å². The summed E-state index contributed by atoms with van der Waals surface area (Å²) in [6, 6.07) is 7.71. The van der Waals surface area contributed by atoms with Gasteiger partial charge in [-0.25, -0.2) is 4.79 Å². The Hall–Kier alpha value is -4.44. The van der Waals surface area contributed by atoms with Gasteiger partial charge in [-0.05, 0) is 35.9 Å². The average molecular weight is 454 g/mol. The second kappa shape index (κ2) is 7.92. The average Bonchev–Trinajstić information content (AvgIpc) is 2.75. The second-order valence-electron chi connectivity index (χ2n) is 7.58. The van der Waals surface area contributed by atoms with Crippen molar-refractivity contribution in [1.82, 2.24) is 0 Å². The van der Waals surface area contributed by atoms with Gasteiger partial charge < -0.3 is 40.5 Å². The molecule has 0 radical (unpaired) electrons. The van der Waals surface area contributed by atoms with Crippen LogP contribution in [0, 0.1) is 0 Å². The molecular weight excluding hydrogens is 436 g/mol. The molecule has 0 aromatic heterocycles. The SMILES string of the molecule is O=C(Oc1cc(O)c2c(c1)C(=O)[C@H](c1ccc(O)c(O)c1)[C@@H](O)C2)c1cc(O)c(O)c(O)c1. The molecular formula is C23H18O10. The van der Waals surface area contributed by atoms with Crippen LogP contribution in [0.1, 0.15) is 37.8 Å². The summed E-state index contributed by atoms with van der Waals surface area (Å²) in [4.78, 5) is 25.6. The van der Waals surface area contributed by atoms with E-state index in [1.807, 2.05) is 0 Å². The summed E-state index contributed by atoms with van der Waals surface area (Å²) in [6.45, 7) is 0. The molecule has 0 fully saturated rings. The van der Waals surface area contributed by atoms with E-state index >= 15 is 0 Å². The summed E-state index contributed by atoms with van der Waals surface area (Å²) >= 11 is 0. The number of hydrogen-bond donors (Lipinski definition) is 7. The Balaban J connectivity index is 1.68. The highest BCUT2D eigenvalue weighted by Gasteiger charge is 2.38. The predicted octanol–water partition coefficient (Wildman–Crippen LogP) is 2.02. The molecule has 170 valence electrons. The molecule has 10 heteroatoms. The van der Waals surface area contributed by atoms with Crippen molar-refractivity contribution in [3.05, 3.63) is 64.7 Å². The van der Waals surface area contributed by atoms with Crippen LogP contribution >= 0.6 is 0 Å². The third-order valence-electron chi connectivity index (χ3n) is 5.42. The van der Waals surface area contributed by atoms with Crippen LogP contribution in [0.4, 0.5) is 0 Å². The van der Waals surface area contributed by atoms with Gasteiger partial charge in [-0.3, -0.25) is 4.79 Å². The first-order valence-electron chi connectivity index (χ1n) is 9.64. The molecule has 10 nitrogen and oxygen atoms in total. The minimum atomic E-state index is -1.23. The number of aliphatic hydroxyl groups excluding tert-OH is 1. The zero-order valence-electron chi connectivity index (χ0n) is 16.8. The molecule has 33 heavy (non-hydrogen) atoms. The minimum Gasteiger partial charge on any atom is -0.508 e. The molecule has 4 rings (SSSR count). The minimum absolute atomic E-state index is 0.0166. The number of phenols is 6. The maximum Gasteiger partial charge on any atom is 0.343 e. The predicted molar refractivity (Wildman–Crippen MR) is 111 cm³/mol. The number of fused-ring (bicyclic) bond motifs is 1. The fourth-order valence-electron chi connectivity index (χ4n) is 3.79. The smallest absolute Gasteiger partial charge is 0.343 e. The van der Waals surface area contributed by atoms with Gasteiger partial charge in [-0.15, -0.1) is 0 Å². The van der Waals surface area contributed by atoms with E-state index in [9.17, 15) is 45.3 Å². The number of phenolic OH excluding ortho intramolecular Hbond substituents is 6. The number of esters is 1. The van der Waals surface area contributed by atoms with Crippen molar-refractivity contribution in [2.24, 2.45) is 0 Å². The van der Waals surface area contributed by atoms with Gasteiger partial charge in [-0.2, -0.15) is 0 Å². The molecule has 0 saturated carbocycles. The number of aliphatic hydroxyl groups is 1. The molecule has 0 bridgehead atoms. The van der Waals surface area contributed by atoms with Crippen LogP contribution in [0.5, 0.6) is 40.2 Å². The monoisotopic (exact) mass is 454 g/mol. The molecule has 3 aromatic carbocycles. The van der Waals surface area contributed by atoms with Crippen LogP contribution in [-0.4, -0.2) is 53.6 Å². The number of ether oxygens (including phenoxy) is 1. The van der Waals surface area contributed by atoms with E-state index in [0.717, 1.165) is 24.3 Å². The van der Waals surface area contributed by atoms with Crippen molar-refractivity contribution in [2.45, 2.75) is 18.4 Å². The highest BCUT2D eigenvalue weighted by molar-refractivity contribution is 6.05. The molecule has 2 atom stereocenters. The van der Waals surface area contributed by atoms with Crippen LogP contribution in [0.3, 0.4) is 0 Å². The van der Waals surface area contributed by atoms with Crippen LogP contribution < -0.4 is 4.74 Å². The van der Waals surface area contributed by atoms with Crippen molar-refractivity contribution in [2.75, 3.05) is 0 Å². The van der Waals surface area contributed by atoms with Crippen molar-refractivity contribution in [1.29, 1.82) is 0 Å².